The molecule has 4 rings (SSSR count). The molecular formula is C28H36N4O4. The van der Waals surface area contributed by atoms with E-state index in [1.165, 1.54) is 0 Å². The maximum atomic E-state index is 12.9. The quantitative estimate of drug-likeness (QED) is 0.516. The molecule has 1 atom stereocenters. The predicted octanol–water partition coefficient (Wildman–Crippen LogP) is 2.79. The monoisotopic (exact) mass is 492 g/mol. The number of hydrogen-bond acceptors (Lipinski definition) is 5. The molecule has 0 saturated carbocycles. The molecule has 0 bridgehead atoms. The zero-order chi connectivity index (χ0) is 25.3. The average Bonchev–Trinajstić information content (AvgIpc) is 3.31. The lowest BCUT2D eigenvalue weighted by atomic mass is 10.1. The van der Waals surface area contributed by atoms with Gasteiger partial charge in [0.05, 0.1) is 12.5 Å². The first-order valence-electron chi connectivity index (χ1n) is 12.9. The van der Waals surface area contributed by atoms with Crippen molar-refractivity contribution in [2.75, 3.05) is 57.3 Å². The van der Waals surface area contributed by atoms with E-state index < -0.39 is 0 Å². The highest BCUT2D eigenvalue weighted by molar-refractivity contribution is 6.00. The fourth-order valence-electron chi connectivity index (χ4n) is 4.61. The van der Waals surface area contributed by atoms with Crippen molar-refractivity contribution in [2.45, 2.75) is 26.2 Å². The number of benzene rings is 2. The van der Waals surface area contributed by atoms with Crippen molar-refractivity contribution in [2.24, 2.45) is 5.92 Å². The summed E-state index contributed by atoms with van der Waals surface area (Å²) in [7, 11) is 0. The van der Waals surface area contributed by atoms with Crippen LogP contribution in [0.4, 0.5) is 5.69 Å². The fraction of sp³-hybridized carbons (Fsp3) is 0.464. The van der Waals surface area contributed by atoms with Gasteiger partial charge in [0.15, 0.2) is 0 Å². The van der Waals surface area contributed by atoms with E-state index in [9.17, 15) is 14.4 Å². The van der Waals surface area contributed by atoms with Crippen molar-refractivity contribution >= 4 is 23.4 Å². The van der Waals surface area contributed by atoms with E-state index in [0.29, 0.717) is 38.3 Å². The van der Waals surface area contributed by atoms with Crippen LogP contribution in [-0.4, -0.2) is 79.9 Å². The Morgan fingerprint density at radius 3 is 2.42 bits per heavy atom. The molecule has 1 N–H and O–H groups in total. The summed E-state index contributed by atoms with van der Waals surface area (Å²) >= 11 is 0. The Kier molecular flexibility index (Phi) is 8.95. The van der Waals surface area contributed by atoms with E-state index in [1.807, 2.05) is 59.5 Å². The molecule has 2 heterocycles. The SMILES string of the molecule is CCCCOc1ccc(C(=O)N2CCN(CCNC(=O)C3CC(=O)N(c4ccccc4)C3)CC2)cc1. The van der Waals surface area contributed by atoms with Crippen LogP contribution in [-0.2, 0) is 9.59 Å². The summed E-state index contributed by atoms with van der Waals surface area (Å²) in [6.07, 6.45) is 2.35. The number of piperazine rings is 1. The first-order valence-corrected chi connectivity index (χ1v) is 12.9. The number of amides is 3. The van der Waals surface area contributed by atoms with E-state index in [4.69, 9.17) is 4.74 Å². The first kappa shape index (κ1) is 25.7. The van der Waals surface area contributed by atoms with Gasteiger partial charge in [0, 0.05) is 63.5 Å². The Labute approximate surface area is 213 Å². The van der Waals surface area contributed by atoms with Gasteiger partial charge < -0.3 is 19.9 Å². The van der Waals surface area contributed by atoms with Crippen molar-refractivity contribution < 1.29 is 19.1 Å². The van der Waals surface area contributed by atoms with Crippen LogP contribution in [0, 0.1) is 5.92 Å². The maximum Gasteiger partial charge on any atom is 0.253 e. The summed E-state index contributed by atoms with van der Waals surface area (Å²) in [6, 6.07) is 16.9. The van der Waals surface area contributed by atoms with Gasteiger partial charge >= 0.3 is 0 Å². The third-order valence-electron chi connectivity index (χ3n) is 6.82. The van der Waals surface area contributed by atoms with E-state index in [0.717, 1.165) is 43.9 Å². The molecule has 2 aromatic rings. The zero-order valence-corrected chi connectivity index (χ0v) is 21.0. The summed E-state index contributed by atoms with van der Waals surface area (Å²) in [4.78, 5) is 43.7. The molecule has 0 spiro atoms. The Morgan fingerprint density at radius 2 is 1.72 bits per heavy atom. The highest BCUT2D eigenvalue weighted by atomic mass is 16.5. The van der Waals surface area contributed by atoms with E-state index in [2.05, 4.69) is 17.1 Å². The third-order valence-corrected chi connectivity index (χ3v) is 6.82. The molecule has 36 heavy (non-hydrogen) atoms. The first-order chi connectivity index (χ1) is 17.5. The summed E-state index contributed by atoms with van der Waals surface area (Å²) in [6.45, 7) is 7.34. The number of carbonyl (C=O) groups excluding carboxylic acids is 3. The van der Waals surface area contributed by atoms with Gasteiger partial charge in [0.1, 0.15) is 5.75 Å². The van der Waals surface area contributed by atoms with Crippen LogP contribution in [0.2, 0.25) is 0 Å². The highest BCUT2D eigenvalue weighted by Gasteiger charge is 2.35. The number of anilines is 1. The molecule has 0 aliphatic carbocycles. The molecule has 2 saturated heterocycles. The van der Waals surface area contributed by atoms with Gasteiger partial charge in [-0.05, 0) is 42.8 Å². The van der Waals surface area contributed by atoms with Crippen LogP contribution in [0.3, 0.4) is 0 Å². The highest BCUT2D eigenvalue weighted by Crippen LogP contribution is 2.24. The van der Waals surface area contributed by atoms with Gasteiger partial charge in [0.25, 0.3) is 5.91 Å². The molecule has 2 fully saturated rings. The predicted molar refractivity (Wildman–Crippen MR) is 139 cm³/mol. The largest absolute Gasteiger partial charge is 0.494 e. The molecule has 2 aliphatic rings. The van der Waals surface area contributed by atoms with Gasteiger partial charge in [-0.25, -0.2) is 0 Å². The minimum absolute atomic E-state index is 0.0131. The minimum Gasteiger partial charge on any atom is -0.494 e. The lowest BCUT2D eigenvalue weighted by molar-refractivity contribution is -0.126. The van der Waals surface area contributed by atoms with Crippen LogP contribution in [0.1, 0.15) is 36.5 Å². The molecule has 0 aromatic heterocycles. The summed E-state index contributed by atoms with van der Waals surface area (Å²) < 4.78 is 5.68. The molecule has 2 aliphatic heterocycles. The number of para-hydroxylation sites is 1. The van der Waals surface area contributed by atoms with Gasteiger partial charge in [-0.15, -0.1) is 0 Å². The van der Waals surface area contributed by atoms with E-state index in [-0.39, 0.29) is 30.1 Å². The second-order valence-electron chi connectivity index (χ2n) is 9.39. The molecule has 8 nitrogen and oxygen atoms in total. The molecule has 0 radical (unpaired) electrons. The smallest absolute Gasteiger partial charge is 0.253 e. The molecule has 1 unspecified atom stereocenters. The summed E-state index contributed by atoms with van der Waals surface area (Å²) in [5.74, 6) is 0.424. The summed E-state index contributed by atoms with van der Waals surface area (Å²) in [5.41, 5.74) is 1.51. The number of nitrogens with one attached hydrogen (secondary N) is 1. The number of unbranched alkanes of at least 4 members (excludes halogenated alkanes) is 1. The number of carbonyl (C=O) groups is 3. The second kappa shape index (κ2) is 12.5. The van der Waals surface area contributed by atoms with Crippen LogP contribution in [0.15, 0.2) is 54.6 Å². The number of nitrogens with zero attached hydrogens (tertiary/aromatic N) is 3. The number of ether oxygens (including phenoxy) is 1. The number of rotatable bonds is 10. The molecule has 8 heteroatoms. The molecular weight excluding hydrogens is 456 g/mol. The van der Waals surface area contributed by atoms with Crippen molar-refractivity contribution in [1.29, 1.82) is 0 Å². The lowest BCUT2D eigenvalue weighted by Crippen LogP contribution is -2.50. The van der Waals surface area contributed by atoms with Crippen molar-refractivity contribution in [3.63, 3.8) is 0 Å². The standard InChI is InChI=1S/C28H36N4O4/c1-2-3-19-36-25-11-9-22(10-12-25)28(35)31-17-15-30(16-18-31)14-13-29-27(34)23-20-26(33)32(21-23)24-7-5-4-6-8-24/h4-12,23H,2-3,13-21H2,1H3,(H,29,34). The van der Waals surface area contributed by atoms with Crippen molar-refractivity contribution in [3.8, 4) is 5.75 Å². The van der Waals surface area contributed by atoms with Crippen LogP contribution in [0.5, 0.6) is 5.75 Å². The Bertz CT molecular complexity index is 1020. The van der Waals surface area contributed by atoms with Crippen LogP contribution in [0.25, 0.3) is 0 Å². The van der Waals surface area contributed by atoms with E-state index >= 15 is 0 Å². The van der Waals surface area contributed by atoms with Gasteiger partial charge in [-0.1, -0.05) is 31.5 Å². The van der Waals surface area contributed by atoms with Gasteiger partial charge in [-0.2, -0.15) is 0 Å². The lowest BCUT2D eigenvalue weighted by Gasteiger charge is -2.34. The maximum absolute atomic E-state index is 12.9. The Balaban J connectivity index is 1.15. The van der Waals surface area contributed by atoms with Crippen LogP contribution < -0.4 is 15.0 Å². The Morgan fingerprint density at radius 1 is 1.00 bits per heavy atom. The second-order valence-corrected chi connectivity index (χ2v) is 9.39. The summed E-state index contributed by atoms with van der Waals surface area (Å²) in [5, 5.41) is 3.00. The number of hydrogen-bond donors (Lipinski definition) is 1. The van der Waals surface area contributed by atoms with Crippen molar-refractivity contribution in [1.82, 2.24) is 15.1 Å². The fourth-order valence-corrected chi connectivity index (χ4v) is 4.61. The third kappa shape index (κ3) is 6.63. The van der Waals surface area contributed by atoms with Crippen molar-refractivity contribution in [3.05, 3.63) is 60.2 Å². The van der Waals surface area contributed by atoms with E-state index in [1.54, 1.807) is 4.90 Å². The average molecular weight is 493 g/mol. The van der Waals surface area contributed by atoms with Gasteiger partial charge in [-0.3, -0.25) is 19.3 Å². The molecule has 192 valence electrons. The van der Waals surface area contributed by atoms with Crippen LogP contribution >= 0.6 is 0 Å². The normalized spacial score (nSPS) is 18.4. The topological polar surface area (TPSA) is 82.2 Å². The molecule has 2 aromatic carbocycles. The molecule has 3 amide bonds. The van der Waals surface area contributed by atoms with Gasteiger partial charge in [0.2, 0.25) is 11.8 Å². The minimum atomic E-state index is -0.324. The zero-order valence-electron chi connectivity index (χ0n) is 21.0. The Hall–Kier alpha value is -3.39.